The first-order chi connectivity index (χ1) is 12.8. The first-order valence-electron chi connectivity index (χ1n) is 9.65. The van der Waals surface area contributed by atoms with E-state index < -0.39 is 8.56 Å². The highest BCUT2D eigenvalue weighted by molar-refractivity contribution is 6.92. The summed E-state index contributed by atoms with van der Waals surface area (Å²) in [5.74, 6) is 6.54. The molecule has 138 valence electrons. The van der Waals surface area contributed by atoms with Gasteiger partial charge in [0, 0.05) is 19.4 Å². The molecule has 0 spiro atoms. The lowest BCUT2D eigenvalue weighted by Crippen LogP contribution is -2.64. The summed E-state index contributed by atoms with van der Waals surface area (Å²) in [6, 6.07) is 20.8. The van der Waals surface area contributed by atoms with E-state index in [9.17, 15) is 0 Å². The Bertz CT molecular complexity index is 649. The van der Waals surface area contributed by atoms with Gasteiger partial charge in [0.25, 0.3) is 0 Å². The van der Waals surface area contributed by atoms with Gasteiger partial charge in [-0.1, -0.05) is 74.5 Å². The van der Waals surface area contributed by atoms with E-state index in [1.807, 2.05) is 19.1 Å². The van der Waals surface area contributed by atoms with E-state index in [0.717, 1.165) is 36.1 Å². The number of hydrogen-bond acceptors (Lipinski definition) is 2. The molecule has 2 nitrogen and oxygen atoms in total. The van der Waals surface area contributed by atoms with Gasteiger partial charge >= 0.3 is 8.56 Å². The maximum Gasteiger partial charge on any atom is 0.407 e. The standard InChI is InChI=1S/C23H30O2Si/c1-4-7-8-11-16-21(5-2)25-26(24-6-3,22-17-12-9-13-18-22)23-19-14-10-15-20-23/h9-10,12-15,17-21H,4-7,16H2,1-3H3. The molecule has 1 atom stereocenters. The fraction of sp³-hybridized carbons (Fsp3) is 0.391. The van der Waals surface area contributed by atoms with Gasteiger partial charge in [0.2, 0.25) is 0 Å². The van der Waals surface area contributed by atoms with Crippen LogP contribution in [0.4, 0.5) is 0 Å². The van der Waals surface area contributed by atoms with Gasteiger partial charge in [-0.15, -0.1) is 11.8 Å². The van der Waals surface area contributed by atoms with Crippen molar-refractivity contribution in [1.82, 2.24) is 0 Å². The summed E-state index contributed by atoms with van der Waals surface area (Å²) in [6.45, 7) is 6.97. The highest BCUT2D eigenvalue weighted by Gasteiger charge is 2.44. The van der Waals surface area contributed by atoms with E-state index in [0.29, 0.717) is 6.61 Å². The monoisotopic (exact) mass is 366 g/mol. The zero-order valence-electron chi connectivity index (χ0n) is 16.2. The largest absolute Gasteiger partial charge is 0.407 e. The molecule has 0 aliphatic carbocycles. The third-order valence-corrected chi connectivity index (χ3v) is 7.82. The fourth-order valence-electron chi connectivity index (χ4n) is 2.93. The molecule has 0 amide bonds. The van der Waals surface area contributed by atoms with Crippen LogP contribution in [0.5, 0.6) is 0 Å². The van der Waals surface area contributed by atoms with Gasteiger partial charge in [0.05, 0.1) is 6.10 Å². The average molecular weight is 367 g/mol. The minimum atomic E-state index is -2.77. The Hall–Kier alpha value is -1.86. The summed E-state index contributed by atoms with van der Waals surface area (Å²) in [6.07, 6.45) is 3.77. The van der Waals surface area contributed by atoms with Crippen molar-refractivity contribution in [2.75, 3.05) is 6.61 Å². The summed E-state index contributed by atoms with van der Waals surface area (Å²) in [7, 11) is -2.77. The summed E-state index contributed by atoms with van der Waals surface area (Å²) >= 11 is 0. The lowest BCUT2D eigenvalue weighted by atomic mass is 10.2. The van der Waals surface area contributed by atoms with Crippen LogP contribution in [0, 0.1) is 11.8 Å². The van der Waals surface area contributed by atoms with Crippen molar-refractivity contribution in [2.45, 2.75) is 52.6 Å². The summed E-state index contributed by atoms with van der Waals surface area (Å²) in [5.41, 5.74) is 0. The lowest BCUT2D eigenvalue weighted by Gasteiger charge is -2.34. The molecule has 0 aliphatic rings. The number of rotatable bonds is 9. The third kappa shape index (κ3) is 5.31. The lowest BCUT2D eigenvalue weighted by molar-refractivity contribution is 0.134. The smallest absolute Gasteiger partial charge is 0.388 e. The topological polar surface area (TPSA) is 18.5 Å². The van der Waals surface area contributed by atoms with Gasteiger partial charge in [-0.3, -0.25) is 0 Å². The van der Waals surface area contributed by atoms with E-state index in [2.05, 4.69) is 74.2 Å². The van der Waals surface area contributed by atoms with Gasteiger partial charge in [0.1, 0.15) is 0 Å². The quantitative estimate of drug-likeness (QED) is 0.487. The molecule has 0 saturated carbocycles. The van der Waals surface area contributed by atoms with Crippen LogP contribution in [0.25, 0.3) is 0 Å². The van der Waals surface area contributed by atoms with E-state index >= 15 is 0 Å². The molecule has 3 heteroatoms. The molecule has 1 unspecified atom stereocenters. The second kappa shape index (κ2) is 11.0. The van der Waals surface area contributed by atoms with Crippen LogP contribution < -0.4 is 10.4 Å². The van der Waals surface area contributed by atoms with Crippen LogP contribution in [-0.4, -0.2) is 21.3 Å². The van der Waals surface area contributed by atoms with Crippen LogP contribution >= 0.6 is 0 Å². The summed E-state index contributed by atoms with van der Waals surface area (Å²) < 4.78 is 13.2. The van der Waals surface area contributed by atoms with Crippen LogP contribution in [0.2, 0.25) is 0 Å². The van der Waals surface area contributed by atoms with Crippen molar-refractivity contribution in [3.05, 3.63) is 60.7 Å². The Morgan fingerprint density at radius 3 is 1.88 bits per heavy atom. The van der Waals surface area contributed by atoms with Gasteiger partial charge in [-0.2, -0.15) is 0 Å². The fourth-order valence-corrected chi connectivity index (χ4v) is 6.32. The first kappa shape index (κ1) is 20.4. The van der Waals surface area contributed by atoms with Gasteiger partial charge in [0.15, 0.2) is 0 Å². The van der Waals surface area contributed by atoms with Crippen molar-refractivity contribution in [1.29, 1.82) is 0 Å². The second-order valence-electron chi connectivity index (χ2n) is 6.24. The predicted molar refractivity (Wildman–Crippen MR) is 112 cm³/mol. The minimum Gasteiger partial charge on any atom is -0.388 e. The van der Waals surface area contributed by atoms with Crippen LogP contribution in [-0.2, 0) is 8.85 Å². The Kier molecular flexibility index (Phi) is 8.63. The van der Waals surface area contributed by atoms with Crippen molar-refractivity contribution < 1.29 is 8.85 Å². The molecule has 2 rings (SSSR count). The maximum absolute atomic E-state index is 6.79. The van der Waals surface area contributed by atoms with Gasteiger partial charge in [-0.25, -0.2) is 0 Å². The molecule has 0 saturated heterocycles. The molecule has 0 fully saturated rings. The highest BCUT2D eigenvalue weighted by atomic mass is 28.4. The van der Waals surface area contributed by atoms with E-state index in [1.54, 1.807) is 0 Å². The normalized spacial score (nSPS) is 12.3. The van der Waals surface area contributed by atoms with Crippen LogP contribution in [0.1, 0.15) is 46.5 Å². The highest BCUT2D eigenvalue weighted by Crippen LogP contribution is 2.16. The number of benzene rings is 2. The number of unbranched alkanes of at least 4 members (excludes halogenated alkanes) is 1. The molecule has 2 aromatic carbocycles. The van der Waals surface area contributed by atoms with Gasteiger partial charge < -0.3 is 8.85 Å². The zero-order chi connectivity index (χ0) is 18.7. The molecule has 0 bridgehead atoms. The SMILES string of the molecule is CCCC#CCC(CC)O[Si](OCC)(c1ccccc1)c1ccccc1. The molecule has 0 N–H and O–H groups in total. The summed E-state index contributed by atoms with van der Waals surface area (Å²) in [5, 5.41) is 2.29. The van der Waals surface area contributed by atoms with E-state index in [-0.39, 0.29) is 6.10 Å². The maximum atomic E-state index is 6.79. The molecule has 0 heterocycles. The Morgan fingerprint density at radius 2 is 1.42 bits per heavy atom. The molecule has 0 radical (unpaired) electrons. The van der Waals surface area contributed by atoms with Crippen molar-refractivity contribution in [3.63, 3.8) is 0 Å². The second-order valence-corrected chi connectivity index (χ2v) is 9.15. The molecular formula is C23H30O2Si. The van der Waals surface area contributed by atoms with Crippen molar-refractivity contribution in [3.8, 4) is 11.8 Å². The van der Waals surface area contributed by atoms with Crippen molar-refractivity contribution >= 4 is 18.9 Å². The Morgan fingerprint density at radius 1 is 0.846 bits per heavy atom. The average Bonchev–Trinajstić information content (AvgIpc) is 2.71. The minimum absolute atomic E-state index is 0.0676. The molecule has 0 aromatic heterocycles. The summed E-state index contributed by atoms with van der Waals surface area (Å²) in [4.78, 5) is 0. The molecule has 26 heavy (non-hydrogen) atoms. The van der Waals surface area contributed by atoms with E-state index in [4.69, 9.17) is 8.85 Å². The Labute approximate surface area is 159 Å². The van der Waals surface area contributed by atoms with E-state index in [1.165, 1.54) is 0 Å². The predicted octanol–water partition coefficient (Wildman–Crippen LogP) is 4.27. The Balaban J connectivity index is 2.41. The molecule has 2 aromatic rings. The van der Waals surface area contributed by atoms with Crippen LogP contribution in [0.3, 0.4) is 0 Å². The van der Waals surface area contributed by atoms with Crippen LogP contribution in [0.15, 0.2) is 60.7 Å². The first-order valence-corrected chi connectivity index (χ1v) is 11.5. The number of hydrogen-bond donors (Lipinski definition) is 0. The third-order valence-electron chi connectivity index (χ3n) is 4.27. The molecule has 0 aliphatic heterocycles. The zero-order valence-corrected chi connectivity index (χ0v) is 17.2. The molecular weight excluding hydrogens is 336 g/mol. The van der Waals surface area contributed by atoms with Crippen molar-refractivity contribution in [2.24, 2.45) is 0 Å². The van der Waals surface area contributed by atoms with Gasteiger partial charge in [-0.05, 0) is 30.1 Å².